The van der Waals surface area contributed by atoms with Gasteiger partial charge in [0.25, 0.3) is 0 Å². The molecule has 0 spiro atoms. The third-order valence-corrected chi connectivity index (χ3v) is 3.06. The summed E-state index contributed by atoms with van der Waals surface area (Å²) in [5.41, 5.74) is 0. The predicted molar refractivity (Wildman–Crippen MR) is 57.4 cm³/mol. The normalized spacial score (nSPS) is 27.4. The van der Waals surface area contributed by atoms with Gasteiger partial charge in [-0.3, -0.25) is 9.69 Å². The van der Waals surface area contributed by atoms with Crippen LogP contribution in [0, 0.1) is 11.3 Å². The average molecular weight is 226 g/mol. The van der Waals surface area contributed by atoms with E-state index in [-0.39, 0.29) is 12.0 Å². The molecule has 0 aromatic carbocycles. The molecule has 5 nitrogen and oxygen atoms in total. The van der Waals surface area contributed by atoms with E-state index in [1.165, 1.54) is 7.11 Å². The lowest BCUT2D eigenvalue weighted by Gasteiger charge is -2.29. The van der Waals surface area contributed by atoms with Crippen LogP contribution in [0.5, 0.6) is 0 Å². The van der Waals surface area contributed by atoms with E-state index in [1.54, 1.807) is 0 Å². The molecule has 1 heterocycles. The van der Waals surface area contributed by atoms with E-state index >= 15 is 0 Å². The van der Waals surface area contributed by atoms with Gasteiger partial charge in [0.15, 0.2) is 0 Å². The van der Waals surface area contributed by atoms with Crippen molar-refractivity contribution in [3.8, 4) is 6.07 Å². The van der Waals surface area contributed by atoms with Crippen LogP contribution in [0.15, 0.2) is 0 Å². The summed E-state index contributed by atoms with van der Waals surface area (Å²) in [5, 5.41) is 18.3. The van der Waals surface area contributed by atoms with E-state index in [9.17, 15) is 9.90 Å². The van der Waals surface area contributed by atoms with Gasteiger partial charge in [0, 0.05) is 19.0 Å². The second-order valence-corrected chi connectivity index (χ2v) is 4.05. The fourth-order valence-electron chi connectivity index (χ4n) is 2.21. The van der Waals surface area contributed by atoms with Gasteiger partial charge in [0.05, 0.1) is 25.7 Å². The first-order chi connectivity index (χ1) is 7.63. The smallest absolute Gasteiger partial charge is 0.323 e. The lowest BCUT2D eigenvalue weighted by Crippen LogP contribution is -2.43. The van der Waals surface area contributed by atoms with E-state index in [4.69, 9.17) is 10.00 Å². The number of hydrogen-bond donors (Lipinski definition) is 1. The Morgan fingerprint density at radius 3 is 2.94 bits per heavy atom. The topological polar surface area (TPSA) is 73.6 Å². The minimum Gasteiger partial charge on any atom is -0.468 e. The van der Waals surface area contributed by atoms with Gasteiger partial charge in [0.2, 0.25) is 0 Å². The van der Waals surface area contributed by atoms with Gasteiger partial charge in [0.1, 0.15) is 6.04 Å². The number of carbonyl (C=O) groups excluding carboxylic acids is 1. The molecule has 1 saturated heterocycles. The van der Waals surface area contributed by atoms with Crippen molar-refractivity contribution < 1.29 is 14.6 Å². The maximum absolute atomic E-state index is 11.5. The Hall–Kier alpha value is -1.12. The number of ether oxygens (including phenoxy) is 1. The van der Waals surface area contributed by atoms with E-state index in [2.05, 4.69) is 6.07 Å². The van der Waals surface area contributed by atoms with Crippen molar-refractivity contribution >= 4 is 5.97 Å². The molecule has 16 heavy (non-hydrogen) atoms. The first kappa shape index (κ1) is 12.9. The molecule has 0 aliphatic carbocycles. The summed E-state index contributed by atoms with van der Waals surface area (Å²) in [6.45, 7) is 2.42. The van der Waals surface area contributed by atoms with Gasteiger partial charge in [-0.2, -0.15) is 5.26 Å². The summed E-state index contributed by atoms with van der Waals surface area (Å²) in [5.74, 6) is -0.326. The number of methoxy groups -OCH3 is 1. The van der Waals surface area contributed by atoms with Crippen molar-refractivity contribution in [3.63, 3.8) is 0 Å². The van der Waals surface area contributed by atoms with E-state index < -0.39 is 12.1 Å². The minimum absolute atomic E-state index is 0.0197. The number of aliphatic hydroxyl groups is 1. The molecular formula is C11H18N2O3. The molecular weight excluding hydrogens is 208 g/mol. The van der Waals surface area contributed by atoms with Crippen LogP contribution in [0.1, 0.15) is 26.2 Å². The molecule has 1 rings (SSSR count). The van der Waals surface area contributed by atoms with Crippen LogP contribution in [0.2, 0.25) is 0 Å². The molecule has 0 bridgehead atoms. The first-order valence-electron chi connectivity index (χ1n) is 5.52. The maximum atomic E-state index is 11.5. The Labute approximate surface area is 95.6 Å². The Kier molecular flexibility index (Phi) is 4.71. The average Bonchev–Trinajstić information content (AvgIpc) is 2.67. The molecule has 1 N–H and O–H groups in total. The summed E-state index contributed by atoms with van der Waals surface area (Å²) >= 11 is 0. The van der Waals surface area contributed by atoms with E-state index in [1.807, 2.05) is 11.8 Å². The molecule has 0 aromatic rings. The molecule has 3 unspecified atom stereocenters. The van der Waals surface area contributed by atoms with Crippen LogP contribution in [0.3, 0.4) is 0 Å². The molecule has 1 aliphatic heterocycles. The quantitative estimate of drug-likeness (QED) is 0.697. The van der Waals surface area contributed by atoms with Gasteiger partial charge in [-0.15, -0.1) is 0 Å². The molecule has 1 aliphatic rings. The Morgan fingerprint density at radius 2 is 2.44 bits per heavy atom. The lowest BCUT2D eigenvalue weighted by atomic mass is 10.1. The highest BCUT2D eigenvalue weighted by atomic mass is 16.5. The number of carbonyl (C=O) groups is 1. The van der Waals surface area contributed by atoms with Crippen molar-refractivity contribution in [2.75, 3.05) is 13.7 Å². The second-order valence-electron chi connectivity index (χ2n) is 4.05. The van der Waals surface area contributed by atoms with Crippen molar-refractivity contribution in [1.82, 2.24) is 4.90 Å². The molecule has 0 amide bonds. The molecule has 0 radical (unpaired) electrons. The molecule has 3 atom stereocenters. The predicted octanol–water partition coefficient (Wildman–Crippen LogP) is 0.287. The highest BCUT2D eigenvalue weighted by Crippen LogP contribution is 2.24. The molecule has 5 heteroatoms. The maximum Gasteiger partial charge on any atom is 0.323 e. The van der Waals surface area contributed by atoms with Crippen LogP contribution in [-0.4, -0.2) is 47.8 Å². The number of β-amino-alcohol motifs (C(OH)–C–C–N with tert-alkyl or cyclic N) is 1. The fourth-order valence-corrected chi connectivity index (χ4v) is 2.21. The van der Waals surface area contributed by atoms with Gasteiger partial charge >= 0.3 is 5.97 Å². The van der Waals surface area contributed by atoms with Crippen LogP contribution in [-0.2, 0) is 9.53 Å². The van der Waals surface area contributed by atoms with Crippen molar-refractivity contribution in [2.24, 2.45) is 0 Å². The summed E-state index contributed by atoms with van der Waals surface area (Å²) in [6, 6.07) is 1.73. The SMILES string of the molecule is CCC(CC#N)N1CC(O)CC1C(=O)OC. The number of likely N-dealkylation sites (tertiary alicyclic amines) is 1. The number of hydrogen-bond acceptors (Lipinski definition) is 5. The van der Waals surface area contributed by atoms with Crippen LogP contribution >= 0.6 is 0 Å². The number of esters is 1. The lowest BCUT2D eigenvalue weighted by molar-refractivity contribution is -0.146. The number of rotatable bonds is 4. The van der Waals surface area contributed by atoms with Crippen LogP contribution < -0.4 is 0 Å². The first-order valence-corrected chi connectivity index (χ1v) is 5.52. The van der Waals surface area contributed by atoms with Gasteiger partial charge in [-0.1, -0.05) is 6.92 Å². The summed E-state index contributed by atoms with van der Waals surface area (Å²) in [4.78, 5) is 13.4. The van der Waals surface area contributed by atoms with Gasteiger partial charge in [-0.05, 0) is 6.42 Å². The van der Waals surface area contributed by atoms with E-state index in [0.717, 1.165) is 6.42 Å². The molecule has 0 aromatic heterocycles. The van der Waals surface area contributed by atoms with Gasteiger partial charge in [-0.25, -0.2) is 0 Å². The monoisotopic (exact) mass is 226 g/mol. The number of nitrogens with zero attached hydrogens (tertiary/aromatic N) is 2. The minimum atomic E-state index is -0.503. The zero-order valence-electron chi connectivity index (χ0n) is 9.72. The number of aliphatic hydroxyl groups excluding tert-OH is 1. The Bertz CT molecular complexity index is 287. The molecule has 90 valence electrons. The fraction of sp³-hybridized carbons (Fsp3) is 0.818. The van der Waals surface area contributed by atoms with E-state index in [0.29, 0.717) is 19.4 Å². The highest BCUT2D eigenvalue weighted by Gasteiger charge is 2.39. The van der Waals surface area contributed by atoms with Crippen molar-refractivity contribution in [3.05, 3.63) is 0 Å². The van der Waals surface area contributed by atoms with Crippen LogP contribution in [0.25, 0.3) is 0 Å². The Balaban J connectivity index is 2.75. The molecule has 0 saturated carbocycles. The highest BCUT2D eigenvalue weighted by molar-refractivity contribution is 5.76. The largest absolute Gasteiger partial charge is 0.468 e. The summed E-state index contributed by atoms with van der Waals surface area (Å²) in [6.07, 6.45) is 1.05. The van der Waals surface area contributed by atoms with Crippen LogP contribution in [0.4, 0.5) is 0 Å². The van der Waals surface area contributed by atoms with Gasteiger partial charge < -0.3 is 9.84 Å². The van der Waals surface area contributed by atoms with Crippen molar-refractivity contribution in [2.45, 2.75) is 44.4 Å². The molecule has 1 fully saturated rings. The Morgan fingerprint density at radius 1 is 1.75 bits per heavy atom. The summed E-state index contributed by atoms with van der Waals surface area (Å²) < 4.78 is 4.71. The summed E-state index contributed by atoms with van der Waals surface area (Å²) in [7, 11) is 1.34. The number of nitriles is 1. The standard InChI is InChI=1S/C11H18N2O3/c1-3-8(4-5-12)13-7-9(14)6-10(13)11(15)16-2/h8-10,14H,3-4,6-7H2,1-2H3. The zero-order chi connectivity index (χ0) is 12.1. The second kappa shape index (κ2) is 5.83. The third kappa shape index (κ3) is 2.71. The van der Waals surface area contributed by atoms with Crippen molar-refractivity contribution in [1.29, 1.82) is 5.26 Å². The third-order valence-electron chi connectivity index (χ3n) is 3.06. The zero-order valence-corrected chi connectivity index (χ0v) is 9.72.